The number of ether oxygens (including phenoxy) is 1. The van der Waals surface area contributed by atoms with E-state index in [9.17, 15) is 19.7 Å². The van der Waals surface area contributed by atoms with Crippen molar-refractivity contribution in [2.45, 2.75) is 45.6 Å². The Labute approximate surface area is 199 Å². The second-order valence-electron chi connectivity index (χ2n) is 8.45. The number of nitrogens with zero attached hydrogens (tertiary/aromatic N) is 2. The number of benzene rings is 1. The Morgan fingerprint density at radius 3 is 2.65 bits per heavy atom. The molecule has 0 atom stereocenters. The first kappa shape index (κ1) is 26.2. The van der Waals surface area contributed by atoms with Gasteiger partial charge in [0.1, 0.15) is 5.60 Å². The third kappa shape index (κ3) is 8.85. The number of allylic oxidation sites excluding steroid dienone is 1. The highest BCUT2D eigenvalue weighted by Gasteiger charge is 2.16. The molecule has 0 aliphatic rings. The zero-order valence-electron chi connectivity index (χ0n) is 19.7. The van der Waals surface area contributed by atoms with Gasteiger partial charge in [-0.1, -0.05) is 12.2 Å². The molecule has 0 radical (unpaired) electrons. The topological polar surface area (TPSA) is 123 Å². The number of rotatable bonds is 10. The van der Waals surface area contributed by atoms with Gasteiger partial charge in [0, 0.05) is 36.9 Å². The largest absolute Gasteiger partial charge is 0.444 e. The van der Waals surface area contributed by atoms with E-state index in [-0.39, 0.29) is 18.0 Å². The van der Waals surface area contributed by atoms with Gasteiger partial charge in [-0.05, 0) is 63.5 Å². The van der Waals surface area contributed by atoms with Gasteiger partial charge in [-0.2, -0.15) is 0 Å². The Bertz CT molecular complexity index is 1070. The van der Waals surface area contributed by atoms with Gasteiger partial charge in [0.05, 0.1) is 16.3 Å². The minimum absolute atomic E-state index is 0.116. The lowest BCUT2D eigenvalue weighted by molar-refractivity contribution is -0.384. The summed E-state index contributed by atoms with van der Waals surface area (Å²) in [5.41, 5.74) is 1.74. The molecule has 180 valence electrons. The average molecular weight is 467 g/mol. The van der Waals surface area contributed by atoms with Crippen molar-refractivity contribution >= 4 is 29.5 Å². The predicted molar refractivity (Wildman–Crippen MR) is 132 cm³/mol. The van der Waals surface area contributed by atoms with Crippen LogP contribution in [0.5, 0.6) is 0 Å². The molecule has 1 aromatic heterocycles. The standard InChI is InChI=1S/C25H30N4O5/c1-5-6-10-23(30)28-22-17-20(29(32)33)11-12-21(22)18-13-15-26-19(16-18)9-7-8-14-27-24(31)34-25(2,3)4/h5,7,9,11-13,15-17H,1,6,8,10,14H2,2-4H3,(H,27,31)(H,28,30). The summed E-state index contributed by atoms with van der Waals surface area (Å²) < 4.78 is 5.19. The number of hydrogen-bond donors (Lipinski definition) is 2. The molecule has 0 bridgehead atoms. The molecule has 34 heavy (non-hydrogen) atoms. The summed E-state index contributed by atoms with van der Waals surface area (Å²) in [6, 6.07) is 7.93. The Kier molecular flexibility index (Phi) is 9.49. The maximum absolute atomic E-state index is 12.2. The molecule has 0 saturated heterocycles. The van der Waals surface area contributed by atoms with Crippen molar-refractivity contribution in [2.24, 2.45) is 0 Å². The van der Waals surface area contributed by atoms with Crippen molar-refractivity contribution in [3.63, 3.8) is 0 Å². The van der Waals surface area contributed by atoms with E-state index < -0.39 is 16.6 Å². The Hall–Kier alpha value is -4.01. The third-order valence-corrected chi connectivity index (χ3v) is 4.42. The summed E-state index contributed by atoms with van der Waals surface area (Å²) in [7, 11) is 0. The van der Waals surface area contributed by atoms with Crippen LogP contribution >= 0.6 is 0 Å². The van der Waals surface area contributed by atoms with Gasteiger partial charge in [0.25, 0.3) is 5.69 Å². The smallest absolute Gasteiger partial charge is 0.407 e. The molecular weight excluding hydrogens is 436 g/mol. The number of amides is 2. The van der Waals surface area contributed by atoms with Gasteiger partial charge in [-0.3, -0.25) is 19.9 Å². The van der Waals surface area contributed by atoms with Gasteiger partial charge in [-0.25, -0.2) is 4.79 Å². The zero-order valence-corrected chi connectivity index (χ0v) is 19.7. The fourth-order valence-electron chi connectivity index (χ4n) is 2.93. The maximum Gasteiger partial charge on any atom is 0.407 e. The number of carbonyl (C=O) groups excluding carboxylic acids is 2. The Morgan fingerprint density at radius 2 is 1.97 bits per heavy atom. The summed E-state index contributed by atoms with van der Waals surface area (Å²) in [5, 5.41) is 16.7. The number of pyridine rings is 1. The van der Waals surface area contributed by atoms with E-state index in [2.05, 4.69) is 22.2 Å². The van der Waals surface area contributed by atoms with Crippen LogP contribution in [0, 0.1) is 10.1 Å². The van der Waals surface area contributed by atoms with Crippen LogP contribution in [0.3, 0.4) is 0 Å². The number of alkyl carbamates (subject to hydrolysis) is 1. The molecule has 0 saturated carbocycles. The highest BCUT2D eigenvalue weighted by atomic mass is 16.6. The monoisotopic (exact) mass is 466 g/mol. The van der Waals surface area contributed by atoms with Crippen LogP contribution in [0.2, 0.25) is 0 Å². The minimum Gasteiger partial charge on any atom is -0.444 e. The summed E-state index contributed by atoms with van der Waals surface area (Å²) in [6.07, 6.45) is 7.79. The molecule has 0 unspecified atom stereocenters. The van der Waals surface area contributed by atoms with Crippen molar-refractivity contribution in [1.29, 1.82) is 0 Å². The molecule has 9 heteroatoms. The Morgan fingerprint density at radius 1 is 1.21 bits per heavy atom. The molecule has 0 aliphatic carbocycles. The quantitative estimate of drug-likeness (QED) is 0.207. The number of non-ortho nitro benzene ring substituents is 1. The minimum atomic E-state index is -0.549. The lowest BCUT2D eigenvalue weighted by Crippen LogP contribution is -2.32. The maximum atomic E-state index is 12.2. The number of carbonyl (C=O) groups is 2. The summed E-state index contributed by atoms with van der Waals surface area (Å²) in [4.78, 5) is 39.0. The SMILES string of the molecule is C=CCCC(=O)Nc1cc([N+](=O)[O-])ccc1-c1ccnc(C=CCCNC(=O)OC(C)(C)C)c1. The zero-order chi connectivity index (χ0) is 25.1. The molecule has 2 aromatic rings. The van der Waals surface area contributed by atoms with Crippen LogP contribution in [0.25, 0.3) is 17.2 Å². The van der Waals surface area contributed by atoms with Crippen LogP contribution in [0.15, 0.2) is 55.3 Å². The van der Waals surface area contributed by atoms with E-state index in [4.69, 9.17) is 4.74 Å². The molecule has 9 nitrogen and oxygen atoms in total. The average Bonchev–Trinajstić information content (AvgIpc) is 2.76. The third-order valence-electron chi connectivity index (χ3n) is 4.42. The molecule has 0 fully saturated rings. The van der Waals surface area contributed by atoms with Gasteiger partial charge in [0.15, 0.2) is 0 Å². The van der Waals surface area contributed by atoms with Crippen LogP contribution in [-0.4, -0.2) is 34.1 Å². The van der Waals surface area contributed by atoms with Crippen LogP contribution in [0.4, 0.5) is 16.2 Å². The highest BCUT2D eigenvalue weighted by molar-refractivity contribution is 5.96. The van der Waals surface area contributed by atoms with Gasteiger partial charge in [0.2, 0.25) is 5.91 Å². The van der Waals surface area contributed by atoms with Crippen LogP contribution in [-0.2, 0) is 9.53 Å². The number of aromatic nitrogens is 1. The summed E-state index contributed by atoms with van der Waals surface area (Å²) >= 11 is 0. The van der Waals surface area contributed by atoms with Crippen molar-refractivity contribution in [1.82, 2.24) is 10.3 Å². The van der Waals surface area contributed by atoms with E-state index in [0.717, 1.165) is 5.56 Å². The lowest BCUT2D eigenvalue weighted by Gasteiger charge is -2.19. The molecule has 1 aromatic carbocycles. The molecule has 2 rings (SSSR count). The molecule has 2 N–H and O–H groups in total. The van der Waals surface area contributed by atoms with E-state index in [0.29, 0.717) is 36.3 Å². The first-order valence-electron chi connectivity index (χ1n) is 10.9. The number of anilines is 1. The van der Waals surface area contributed by atoms with E-state index in [1.54, 1.807) is 45.2 Å². The molecule has 2 amide bonds. The van der Waals surface area contributed by atoms with E-state index in [1.807, 2.05) is 18.2 Å². The number of hydrogen-bond acceptors (Lipinski definition) is 6. The van der Waals surface area contributed by atoms with Gasteiger partial charge in [-0.15, -0.1) is 6.58 Å². The number of nitrogens with one attached hydrogen (secondary N) is 2. The van der Waals surface area contributed by atoms with Crippen molar-refractivity contribution in [2.75, 3.05) is 11.9 Å². The van der Waals surface area contributed by atoms with E-state index >= 15 is 0 Å². The number of nitro groups is 1. The first-order chi connectivity index (χ1) is 16.1. The molecule has 0 spiro atoms. The molecule has 0 aliphatic heterocycles. The van der Waals surface area contributed by atoms with Crippen molar-refractivity contribution in [3.8, 4) is 11.1 Å². The van der Waals surface area contributed by atoms with Crippen LogP contribution < -0.4 is 10.6 Å². The van der Waals surface area contributed by atoms with Crippen molar-refractivity contribution in [3.05, 3.63) is 71.1 Å². The first-order valence-corrected chi connectivity index (χ1v) is 10.9. The summed E-state index contributed by atoms with van der Waals surface area (Å²) in [6.45, 7) is 9.41. The highest BCUT2D eigenvalue weighted by Crippen LogP contribution is 2.32. The second kappa shape index (κ2) is 12.3. The fraction of sp³-hybridized carbons (Fsp3) is 0.320. The summed E-state index contributed by atoms with van der Waals surface area (Å²) in [5.74, 6) is -0.256. The van der Waals surface area contributed by atoms with E-state index in [1.165, 1.54) is 12.1 Å². The fourth-order valence-corrected chi connectivity index (χ4v) is 2.93. The van der Waals surface area contributed by atoms with Gasteiger partial charge < -0.3 is 15.4 Å². The van der Waals surface area contributed by atoms with Crippen LogP contribution in [0.1, 0.15) is 45.7 Å². The van der Waals surface area contributed by atoms with Crippen molar-refractivity contribution < 1.29 is 19.2 Å². The normalized spacial score (nSPS) is 11.1. The Balaban J connectivity index is 2.13. The molecular formula is C25H30N4O5. The lowest BCUT2D eigenvalue weighted by atomic mass is 10.0. The number of nitro benzene ring substituents is 1. The van der Waals surface area contributed by atoms with Gasteiger partial charge >= 0.3 is 6.09 Å². The second-order valence-corrected chi connectivity index (χ2v) is 8.45. The predicted octanol–water partition coefficient (Wildman–Crippen LogP) is 5.49. The molecule has 1 heterocycles.